The molecule has 0 aromatic carbocycles. The number of rotatable bonds is 1. The highest BCUT2D eigenvalue weighted by Crippen LogP contribution is 2.12. The van der Waals surface area contributed by atoms with E-state index in [-0.39, 0.29) is 17.7 Å². The van der Waals surface area contributed by atoms with Gasteiger partial charge in [0.05, 0.1) is 0 Å². The molecule has 2 aromatic rings. The molecule has 7 nitrogen and oxygen atoms in total. The Morgan fingerprint density at radius 3 is 2.50 bits per heavy atom. The standard InChI is InChI=1S/C5H5N5O2/c1-2-7-4(11-9-2)3-8-5(6)12-10-3/h1H3,(H2,6,8,10). The molecule has 2 N–H and O–H groups in total. The predicted octanol–water partition coefficient (Wildman–Crippen LogP) is 0.0102. The van der Waals surface area contributed by atoms with Crippen LogP contribution in [0.5, 0.6) is 0 Å². The zero-order valence-corrected chi connectivity index (χ0v) is 6.18. The molecule has 7 heteroatoms. The van der Waals surface area contributed by atoms with Crippen LogP contribution in [0.25, 0.3) is 11.7 Å². The van der Waals surface area contributed by atoms with E-state index < -0.39 is 0 Å². The average Bonchev–Trinajstić information content (AvgIpc) is 2.58. The maximum absolute atomic E-state index is 5.19. The minimum Gasteiger partial charge on any atom is -0.351 e. The van der Waals surface area contributed by atoms with Crippen molar-refractivity contribution in [2.24, 2.45) is 0 Å². The summed E-state index contributed by atoms with van der Waals surface area (Å²) in [6, 6.07) is -0.0270. The van der Waals surface area contributed by atoms with E-state index in [2.05, 4.69) is 24.8 Å². The number of hydrogen-bond donors (Lipinski definition) is 1. The van der Waals surface area contributed by atoms with E-state index in [9.17, 15) is 0 Å². The molecule has 2 rings (SSSR count). The van der Waals surface area contributed by atoms with Gasteiger partial charge in [-0.3, -0.25) is 0 Å². The Morgan fingerprint density at radius 2 is 2.00 bits per heavy atom. The number of nitrogen functional groups attached to an aromatic ring is 1. The zero-order valence-electron chi connectivity index (χ0n) is 6.18. The van der Waals surface area contributed by atoms with Crippen LogP contribution in [0.4, 0.5) is 6.01 Å². The summed E-state index contributed by atoms with van der Waals surface area (Å²) in [6.07, 6.45) is 0. The van der Waals surface area contributed by atoms with Crippen molar-refractivity contribution in [3.63, 3.8) is 0 Å². The summed E-state index contributed by atoms with van der Waals surface area (Å²) in [5.41, 5.74) is 5.19. The van der Waals surface area contributed by atoms with Gasteiger partial charge in [-0.25, -0.2) is 0 Å². The molecule has 0 spiro atoms. The highest BCUT2D eigenvalue weighted by molar-refractivity contribution is 5.39. The van der Waals surface area contributed by atoms with Gasteiger partial charge in [0.25, 0.3) is 11.7 Å². The van der Waals surface area contributed by atoms with Crippen molar-refractivity contribution >= 4 is 6.01 Å². The first-order valence-electron chi connectivity index (χ1n) is 3.15. The third-order valence-corrected chi connectivity index (χ3v) is 1.16. The van der Waals surface area contributed by atoms with Crippen LogP contribution in [-0.4, -0.2) is 20.3 Å². The largest absolute Gasteiger partial charge is 0.351 e. The molecule has 0 aliphatic heterocycles. The second-order valence-corrected chi connectivity index (χ2v) is 2.10. The van der Waals surface area contributed by atoms with Crippen molar-refractivity contribution in [2.45, 2.75) is 6.92 Å². The number of nitrogens with zero attached hydrogens (tertiary/aromatic N) is 4. The molecule has 2 aromatic heterocycles. The van der Waals surface area contributed by atoms with Crippen LogP contribution < -0.4 is 5.73 Å². The minimum atomic E-state index is -0.0270. The second-order valence-electron chi connectivity index (χ2n) is 2.10. The first-order valence-corrected chi connectivity index (χ1v) is 3.15. The molecule has 0 radical (unpaired) electrons. The molecule has 0 atom stereocenters. The molecule has 2 heterocycles. The van der Waals surface area contributed by atoms with Gasteiger partial charge >= 0.3 is 6.01 Å². The molecule has 12 heavy (non-hydrogen) atoms. The first kappa shape index (κ1) is 6.77. The Labute approximate surface area is 66.6 Å². The normalized spacial score (nSPS) is 10.4. The van der Waals surface area contributed by atoms with Crippen LogP contribution in [0.2, 0.25) is 0 Å². The molecule has 0 saturated carbocycles. The van der Waals surface area contributed by atoms with Crippen LogP contribution in [0, 0.1) is 6.92 Å². The molecule has 0 amide bonds. The molecule has 0 bridgehead atoms. The molecular formula is C5H5N5O2. The molecule has 0 aliphatic carbocycles. The molecular weight excluding hydrogens is 162 g/mol. The van der Waals surface area contributed by atoms with E-state index in [1.54, 1.807) is 6.92 Å². The molecule has 0 aliphatic rings. The van der Waals surface area contributed by atoms with Gasteiger partial charge < -0.3 is 14.8 Å². The lowest BCUT2D eigenvalue weighted by Gasteiger charge is -1.76. The Balaban J connectivity index is 2.43. The van der Waals surface area contributed by atoms with Gasteiger partial charge in [-0.2, -0.15) is 9.97 Å². The van der Waals surface area contributed by atoms with Gasteiger partial charge in [-0.15, -0.1) is 0 Å². The van der Waals surface area contributed by atoms with Gasteiger partial charge in [0.1, 0.15) is 0 Å². The Bertz CT molecular complexity index is 354. The third-order valence-electron chi connectivity index (χ3n) is 1.16. The Hall–Kier alpha value is -1.92. The summed E-state index contributed by atoms with van der Waals surface area (Å²) in [4.78, 5) is 7.57. The first-order chi connectivity index (χ1) is 5.75. The van der Waals surface area contributed by atoms with Crippen molar-refractivity contribution in [3.8, 4) is 11.7 Å². The van der Waals surface area contributed by atoms with Crippen LogP contribution in [0.3, 0.4) is 0 Å². The van der Waals surface area contributed by atoms with E-state index in [1.165, 1.54) is 0 Å². The van der Waals surface area contributed by atoms with E-state index in [0.717, 1.165) is 0 Å². The summed E-state index contributed by atoms with van der Waals surface area (Å²) in [5.74, 6) is 0.912. The third kappa shape index (κ3) is 1.00. The van der Waals surface area contributed by atoms with Crippen LogP contribution in [0.15, 0.2) is 9.05 Å². The Kier molecular flexibility index (Phi) is 1.29. The zero-order chi connectivity index (χ0) is 8.55. The Morgan fingerprint density at radius 1 is 1.17 bits per heavy atom. The number of nitrogens with two attached hydrogens (primary N) is 1. The second kappa shape index (κ2) is 2.29. The summed E-state index contributed by atoms with van der Waals surface area (Å²) in [5, 5.41) is 7.05. The van der Waals surface area contributed by atoms with E-state index in [4.69, 9.17) is 10.3 Å². The lowest BCUT2D eigenvalue weighted by Crippen LogP contribution is -1.84. The van der Waals surface area contributed by atoms with Gasteiger partial charge in [0.2, 0.25) is 0 Å². The molecule has 0 saturated heterocycles. The fourth-order valence-corrected chi connectivity index (χ4v) is 0.710. The van der Waals surface area contributed by atoms with Gasteiger partial charge in [-0.05, 0) is 12.1 Å². The monoisotopic (exact) mass is 167 g/mol. The van der Waals surface area contributed by atoms with Crippen molar-refractivity contribution < 1.29 is 9.05 Å². The lowest BCUT2D eigenvalue weighted by atomic mass is 10.6. The van der Waals surface area contributed by atoms with Crippen molar-refractivity contribution in [1.82, 2.24) is 20.3 Å². The SMILES string of the molecule is Cc1noc(-c2noc(N)n2)n1. The van der Waals surface area contributed by atoms with Crippen molar-refractivity contribution in [2.75, 3.05) is 5.73 Å². The quantitative estimate of drug-likeness (QED) is 0.637. The van der Waals surface area contributed by atoms with Crippen LogP contribution in [-0.2, 0) is 0 Å². The minimum absolute atomic E-state index is 0.0270. The molecule has 0 unspecified atom stereocenters. The van der Waals surface area contributed by atoms with E-state index in [1.807, 2.05) is 0 Å². The van der Waals surface area contributed by atoms with Crippen molar-refractivity contribution in [1.29, 1.82) is 0 Å². The number of hydrogen-bond acceptors (Lipinski definition) is 7. The van der Waals surface area contributed by atoms with E-state index in [0.29, 0.717) is 5.82 Å². The highest BCUT2D eigenvalue weighted by Gasteiger charge is 2.12. The number of aryl methyl sites for hydroxylation is 1. The van der Waals surface area contributed by atoms with Crippen LogP contribution >= 0.6 is 0 Å². The summed E-state index contributed by atoms with van der Waals surface area (Å²) < 4.78 is 9.28. The summed E-state index contributed by atoms with van der Waals surface area (Å²) >= 11 is 0. The maximum atomic E-state index is 5.19. The van der Waals surface area contributed by atoms with Crippen molar-refractivity contribution in [3.05, 3.63) is 5.82 Å². The smallest absolute Gasteiger partial charge is 0.319 e. The van der Waals surface area contributed by atoms with E-state index >= 15 is 0 Å². The molecule has 0 fully saturated rings. The van der Waals surface area contributed by atoms with Gasteiger partial charge in [0, 0.05) is 0 Å². The molecule has 62 valence electrons. The summed E-state index contributed by atoms with van der Waals surface area (Å²) in [7, 11) is 0. The maximum Gasteiger partial charge on any atom is 0.319 e. The topological polar surface area (TPSA) is 104 Å². The highest BCUT2D eigenvalue weighted by atomic mass is 16.5. The van der Waals surface area contributed by atoms with Crippen LogP contribution in [0.1, 0.15) is 5.82 Å². The van der Waals surface area contributed by atoms with Gasteiger partial charge in [0.15, 0.2) is 5.82 Å². The predicted molar refractivity (Wildman–Crippen MR) is 36.7 cm³/mol. The number of aromatic nitrogens is 4. The fourth-order valence-electron chi connectivity index (χ4n) is 0.710. The lowest BCUT2D eigenvalue weighted by molar-refractivity contribution is 0.409. The van der Waals surface area contributed by atoms with Gasteiger partial charge in [-0.1, -0.05) is 5.16 Å². The fraction of sp³-hybridized carbons (Fsp3) is 0.200. The number of anilines is 1. The average molecular weight is 167 g/mol. The summed E-state index contributed by atoms with van der Waals surface area (Å²) in [6.45, 7) is 1.69.